The molecule has 39 heavy (non-hydrogen) atoms. The Hall–Kier alpha value is -3.35. The van der Waals surface area contributed by atoms with E-state index < -0.39 is 20.8 Å². The largest absolute Gasteiger partial charge is 0.474 e. The molecular formula is C27H34N6O5S. The third-order valence-electron chi connectivity index (χ3n) is 7.52. The van der Waals surface area contributed by atoms with E-state index in [-0.39, 0.29) is 24.1 Å². The number of aromatic nitrogens is 3. The molecule has 0 spiro atoms. The SMILES string of the molecule is C[C@@H]1OC(=O)c2ccc(Nc3cc4c(C(C)(C)N)cnc(O[C@H]5C[C@@H](S(=O)(=O)N(C)C)C5)c4cn3)nc2[C@H]1C. The Balaban J connectivity index is 1.44. The number of nitrogens with zero attached hydrogens (tertiary/aromatic N) is 4. The average molecular weight is 555 g/mol. The fourth-order valence-corrected chi connectivity index (χ4v) is 6.36. The van der Waals surface area contributed by atoms with E-state index in [0.29, 0.717) is 47.0 Å². The molecule has 0 unspecified atom stereocenters. The van der Waals surface area contributed by atoms with Crippen molar-refractivity contribution in [3.8, 4) is 5.88 Å². The van der Waals surface area contributed by atoms with Crippen molar-refractivity contribution in [2.24, 2.45) is 5.73 Å². The molecular weight excluding hydrogens is 520 g/mol. The highest BCUT2D eigenvalue weighted by Crippen LogP contribution is 2.37. The first-order valence-electron chi connectivity index (χ1n) is 12.9. The van der Waals surface area contributed by atoms with E-state index in [0.717, 1.165) is 10.9 Å². The normalized spacial score (nSPS) is 23.2. The quantitative estimate of drug-likeness (QED) is 0.416. The van der Waals surface area contributed by atoms with Crippen molar-refractivity contribution in [1.29, 1.82) is 0 Å². The molecule has 3 aromatic heterocycles. The molecule has 0 bridgehead atoms. The summed E-state index contributed by atoms with van der Waals surface area (Å²) in [4.78, 5) is 26.0. The number of ether oxygens (including phenoxy) is 2. The highest BCUT2D eigenvalue weighted by molar-refractivity contribution is 7.89. The second kappa shape index (κ2) is 9.68. The molecule has 1 fully saturated rings. The van der Waals surface area contributed by atoms with E-state index in [1.54, 1.807) is 24.5 Å². The van der Waals surface area contributed by atoms with Gasteiger partial charge >= 0.3 is 5.97 Å². The molecule has 12 heteroatoms. The first kappa shape index (κ1) is 27.2. The number of hydrogen-bond acceptors (Lipinski definition) is 10. The maximum absolute atomic E-state index is 12.4. The first-order chi connectivity index (χ1) is 18.3. The van der Waals surface area contributed by atoms with Crippen molar-refractivity contribution in [3.63, 3.8) is 0 Å². The summed E-state index contributed by atoms with van der Waals surface area (Å²) in [5.41, 5.74) is 7.74. The highest BCUT2D eigenvalue weighted by Gasteiger charge is 2.42. The molecule has 2 aliphatic rings. The van der Waals surface area contributed by atoms with Crippen LogP contribution in [0.2, 0.25) is 0 Å². The number of nitrogens with one attached hydrogen (secondary N) is 1. The lowest BCUT2D eigenvalue weighted by Crippen LogP contribution is -2.47. The Morgan fingerprint density at radius 3 is 2.49 bits per heavy atom. The van der Waals surface area contributed by atoms with Gasteiger partial charge in [-0.15, -0.1) is 0 Å². The standard InChI is InChI=1S/C27H34N6O5S/c1-14-15(2)37-26(34)18-7-8-22(32-24(14)18)31-23-11-19-20(12-29-23)25(30-13-21(19)27(3,4)28)38-16-9-17(10-16)39(35,36)33(5)6/h7-8,11-17H,9-10,28H2,1-6H3,(H,29,31,32)/t14-,15-,16-,17+/m0/s1. The van der Waals surface area contributed by atoms with Crippen LogP contribution >= 0.6 is 0 Å². The van der Waals surface area contributed by atoms with Crippen LogP contribution in [0.3, 0.4) is 0 Å². The Morgan fingerprint density at radius 2 is 1.82 bits per heavy atom. The van der Waals surface area contributed by atoms with Crippen molar-refractivity contribution in [3.05, 3.63) is 47.4 Å². The fourth-order valence-electron chi connectivity index (χ4n) is 4.85. The van der Waals surface area contributed by atoms with Crippen LogP contribution in [-0.4, -0.2) is 65.2 Å². The van der Waals surface area contributed by atoms with E-state index in [2.05, 4.69) is 15.3 Å². The van der Waals surface area contributed by atoms with Crippen LogP contribution in [0.5, 0.6) is 5.88 Å². The molecule has 0 aromatic carbocycles. The second-order valence-corrected chi connectivity index (χ2v) is 13.6. The van der Waals surface area contributed by atoms with E-state index in [1.807, 2.05) is 33.8 Å². The van der Waals surface area contributed by atoms with E-state index in [4.69, 9.17) is 20.2 Å². The number of carbonyl (C=O) groups is 1. The number of hydrogen-bond donors (Lipinski definition) is 2. The number of pyridine rings is 3. The summed E-state index contributed by atoms with van der Waals surface area (Å²) in [5.74, 6) is 1.06. The van der Waals surface area contributed by atoms with Crippen LogP contribution in [0.4, 0.5) is 11.6 Å². The third-order valence-corrected chi connectivity index (χ3v) is 9.76. The van der Waals surface area contributed by atoms with Gasteiger partial charge in [-0.2, -0.15) is 0 Å². The lowest BCUT2D eigenvalue weighted by molar-refractivity contribution is 0.0235. The minimum atomic E-state index is -3.32. The molecule has 2 atom stereocenters. The number of sulfonamides is 1. The number of cyclic esters (lactones) is 1. The summed E-state index contributed by atoms with van der Waals surface area (Å²) in [6.07, 6.45) is 3.64. The van der Waals surface area contributed by atoms with Crippen molar-refractivity contribution in [2.75, 3.05) is 19.4 Å². The van der Waals surface area contributed by atoms with Gasteiger partial charge in [0.1, 0.15) is 23.8 Å². The Kier molecular flexibility index (Phi) is 6.76. The molecule has 1 saturated carbocycles. The lowest BCUT2D eigenvalue weighted by Gasteiger charge is -2.36. The predicted octanol–water partition coefficient (Wildman–Crippen LogP) is 3.43. The van der Waals surface area contributed by atoms with E-state index in [1.165, 1.54) is 18.4 Å². The second-order valence-electron chi connectivity index (χ2n) is 11.1. The molecule has 208 valence electrons. The molecule has 4 heterocycles. The molecule has 1 aliphatic carbocycles. The molecule has 0 amide bonds. The number of nitrogens with two attached hydrogens (primary N) is 1. The molecule has 1 aliphatic heterocycles. The zero-order chi connectivity index (χ0) is 28.3. The summed E-state index contributed by atoms with van der Waals surface area (Å²) in [7, 11) is -0.241. The van der Waals surface area contributed by atoms with Gasteiger partial charge in [0.25, 0.3) is 0 Å². The van der Waals surface area contributed by atoms with Gasteiger partial charge in [-0.05, 0) is 49.9 Å². The van der Waals surface area contributed by atoms with Crippen LogP contribution in [0, 0.1) is 0 Å². The van der Waals surface area contributed by atoms with Crippen LogP contribution in [0.25, 0.3) is 10.8 Å². The van der Waals surface area contributed by atoms with Crippen molar-refractivity contribution < 1.29 is 22.7 Å². The summed E-state index contributed by atoms with van der Waals surface area (Å²) in [5, 5.41) is 4.27. The van der Waals surface area contributed by atoms with Gasteiger partial charge in [0.05, 0.1) is 21.9 Å². The van der Waals surface area contributed by atoms with E-state index >= 15 is 0 Å². The van der Waals surface area contributed by atoms with Gasteiger partial charge in [0.15, 0.2) is 0 Å². The van der Waals surface area contributed by atoms with Crippen molar-refractivity contribution in [1.82, 2.24) is 19.3 Å². The lowest BCUT2D eigenvalue weighted by atomic mass is 9.92. The number of esters is 1. The molecule has 3 aromatic rings. The van der Waals surface area contributed by atoms with Gasteiger partial charge in [0, 0.05) is 50.8 Å². The summed E-state index contributed by atoms with van der Waals surface area (Å²) in [6, 6.07) is 5.30. The van der Waals surface area contributed by atoms with Gasteiger partial charge in [-0.25, -0.2) is 32.5 Å². The monoisotopic (exact) mass is 554 g/mol. The summed E-state index contributed by atoms with van der Waals surface area (Å²) in [6.45, 7) is 7.62. The predicted molar refractivity (Wildman–Crippen MR) is 148 cm³/mol. The number of carbonyl (C=O) groups excluding carboxylic acids is 1. The van der Waals surface area contributed by atoms with Crippen LogP contribution in [-0.2, 0) is 20.3 Å². The summed E-state index contributed by atoms with van der Waals surface area (Å²) < 4.78 is 37.6. The maximum Gasteiger partial charge on any atom is 0.340 e. The smallest absolute Gasteiger partial charge is 0.340 e. The van der Waals surface area contributed by atoms with Crippen LogP contribution in [0.15, 0.2) is 30.6 Å². The van der Waals surface area contributed by atoms with Gasteiger partial charge < -0.3 is 20.5 Å². The Labute approximate surface area is 228 Å². The third kappa shape index (κ3) is 5.04. The fraction of sp³-hybridized carbons (Fsp3) is 0.481. The van der Waals surface area contributed by atoms with Crippen LogP contribution < -0.4 is 15.8 Å². The zero-order valence-corrected chi connectivity index (χ0v) is 23.7. The van der Waals surface area contributed by atoms with Crippen molar-refractivity contribution >= 4 is 38.4 Å². The average Bonchev–Trinajstić information content (AvgIpc) is 2.83. The van der Waals surface area contributed by atoms with Crippen LogP contribution in [0.1, 0.15) is 68.1 Å². The van der Waals surface area contributed by atoms with Crippen molar-refractivity contribution in [2.45, 2.75) is 69.5 Å². The number of anilines is 2. The first-order valence-corrected chi connectivity index (χ1v) is 14.4. The van der Waals surface area contributed by atoms with Gasteiger partial charge in [-0.3, -0.25) is 0 Å². The van der Waals surface area contributed by atoms with Gasteiger partial charge in [0.2, 0.25) is 15.9 Å². The minimum Gasteiger partial charge on any atom is -0.474 e. The molecule has 0 saturated heterocycles. The topological polar surface area (TPSA) is 150 Å². The van der Waals surface area contributed by atoms with Gasteiger partial charge in [-0.1, -0.05) is 6.92 Å². The molecule has 5 rings (SSSR count). The molecule has 0 radical (unpaired) electrons. The van der Waals surface area contributed by atoms with E-state index in [9.17, 15) is 13.2 Å². The minimum absolute atomic E-state index is 0.0433. The maximum atomic E-state index is 12.4. The number of fused-ring (bicyclic) bond motifs is 2. The Bertz CT molecular complexity index is 1550. The zero-order valence-electron chi connectivity index (χ0n) is 22.9. The summed E-state index contributed by atoms with van der Waals surface area (Å²) >= 11 is 0. The molecule has 11 nitrogen and oxygen atoms in total. The Morgan fingerprint density at radius 1 is 1.10 bits per heavy atom. The molecule has 3 N–H and O–H groups in total. The highest BCUT2D eigenvalue weighted by atomic mass is 32.2. The number of rotatable bonds is 7.